The van der Waals surface area contributed by atoms with Gasteiger partial charge in [0, 0.05) is 17.0 Å². The molecule has 0 aliphatic heterocycles. The summed E-state index contributed by atoms with van der Waals surface area (Å²) < 4.78 is 0. The van der Waals surface area contributed by atoms with Crippen LogP contribution in [0.1, 0.15) is 18.5 Å². The van der Waals surface area contributed by atoms with Gasteiger partial charge in [0.05, 0.1) is 10.5 Å². The molecule has 5 heteroatoms. The maximum absolute atomic E-state index is 6.01. The van der Waals surface area contributed by atoms with E-state index in [0.29, 0.717) is 10.8 Å². The fraction of sp³-hybridized carbons (Fsp3) is 0.182. The summed E-state index contributed by atoms with van der Waals surface area (Å²) in [5.74, 6) is 0.450. The molecule has 0 radical (unpaired) electrons. The van der Waals surface area contributed by atoms with Gasteiger partial charge in [-0.1, -0.05) is 23.7 Å². The smallest absolute Gasteiger partial charge is 0.128 e. The minimum absolute atomic E-state index is 0. The van der Waals surface area contributed by atoms with Crippen molar-refractivity contribution in [3.63, 3.8) is 0 Å². The van der Waals surface area contributed by atoms with Gasteiger partial charge in [0.15, 0.2) is 0 Å². The van der Waals surface area contributed by atoms with E-state index in [2.05, 4.69) is 4.98 Å². The highest BCUT2D eigenvalue weighted by atomic mass is 35.5. The second kappa shape index (κ2) is 4.87. The van der Waals surface area contributed by atoms with E-state index in [-0.39, 0.29) is 18.4 Å². The molecule has 4 N–H and O–H groups in total. The molecule has 0 amide bonds. The standard InChI is InChI=1S/C11H12ClN3.ClH/c1-6(13)8-5-7-3-2-4-9(12)10(7)15-11(8)14;/h2-6H,13H2,1H3,(H2,14,15);1H. The normalized spacial score (nSPS) is 12.2. The minimum Gasteiger partial charge on any atom is -0.383 e. The van der Waals surface area contributed by atoms with Gasteiger partial charge in [0.2, 0.25) is 0 Å². The number of nitrogens with zero attached hydrogens (tertiary/aromatic N) is 1. The van der Waals surface area contributed by atoms with Crippen LogP contribution in [-0.2, 0) is 0 Å². The van der Waals surface area contributed by atoms with Crippen LogP contribution in [0.15, 0.2) is 24.3 Å². The Bertz CT molecular complexity index is 512. The zero-order chi connectivity index (χ0) is 11.0. The van der Waals surface area contributed by atoms with E-state index in [1.807, 2.05) is 25.1 Å². The number of anilines is 1. The number of hydrogen-bond acceptors (Lipinski definition) is 3. The first-order chi connectivity index (χ1) is 7.09. The van der Waals surface area contributed by atoms with Crippen molar-refractivity contribution in [3.05, 3.63) is 34.9 Å². The molecule has 0 saturated heterocycles. The van der Waals surface area contributed by atoms with Gasteiger partial charge in [-0.3, -0.25) is 0 Å². The van der Waals surface area contributed by atoms with Gasteiger partial charge in [-0.15, -0.1) is 12.4 Å². The Hall–Kier alpha value is -1.03. The zero-order valence-electron chi connectivity index (χ0n) is 8.77. The lowest BCUT2D eigenvalue weighted by Crippen LogP contribution is -2.09. The molecule has 0 fully saturated rings. The first-order valence-electron chi connectivity index (χ1n) is 4.70. The van der Waals surface area contributed by atoms with Crippen LogP contribution in [0.3, 0.4) is 0 Å². The number of hydrogen-bond donors (Lipinski definition) is 2. The Morgan fingerprint density at radius 1 is 1.38 bits per heavy atom. The summed E-state index contributed by atoms with van der Waals surface area (Å²) in [7, 11) is 0. The second-order valence-electron chi connectivity index (χ2n) is 3.56. The van der Waals surface area contributed by atoms with Crippen molar-refractivity contribution in [1.82, 2.24) is 4.98 Å². The van der Waals surface area contributed by atoms with Gasteiger partial charge in [-0.05, 0) is 19.1 Å². The number of halogens is 2. The summed E-state index contributed by atoms with van der Waals surface area (Å²) in [6.07, 6.45) is 0. The molecule has 86 valence electrons. The molecule has 0 spiro atoms. The number of nitrogen functional groups attached to an aromatic ring is 1. The summed E-state index contributed by atoms with van der Waals surface area (Å²) >= 11 is 6.01. The number of para-hydroxylation sites is 1. The van der Waals surface area contributed by atoms with Gasteiger partial charge in [-0.25, -0.2) is 4.98 Å². The van der Waals surface area contributed by atoms with Crippen molar-refractivity contribution in [3.8, 4) is 0 Å². The molecule has 1 atom stereocenters. The SMILES string of the molecule is CC(N)c1cc2cccc(Cl)c2nc1N.Cl. The molecular formula is C11H13Cl2N3. The molecule has 3 nitrogen and oxygen atoms in total. The van der Waals surface area contributed by atoms with Crippen molar-refractivity contribution in [2.24, 2.45) is 5.73 Å². The topological polar surface area (TPSA) is 64.9 Å². The molecule has 0 saturated carbocycles. The third kappa shape index (κ3) is 2.21. The first kappa shape index (κ1) is 13.0. The fourth-order valence-electron chi connectivity index (χ4n) is 1.56. The van der Waals surface area contributed by atoms with Crippen molar-refractivity contribution in [2.45, 2.75) is 13.0 Å². The van der Waals surface area contributed by atoms with Gasteiger partial charge < -0.3 is 11.5 Å². The summed E-state index contributed by atoms with van der Waals surface area (Å²) in [6.45, 7) is 1.88. The maximum Gasteiger partial charge on any atom is 0.128 e. The number of benzene rings is 1. The van der Waals surface area contributed by atoms with E-state index in [9.17, 15) is 0 Å². The molecule has 16 heavy (non-hydrogen) atoms. The Labute approximate surface area is 105 Å². The van der Waals surface area contributed by atoms with Gasteiger partial charge in [0.25, 0.3) is 0 Å². The van der Waals surface area contributed by atoms with E-state index >= 15 is 0 Å². The van der Waals surface area contributed by atoms with E-state index in [4.69, 9.17) is 23.1 Å². The van der Waals surface area contributed by atoms with Crippen LogP contribution in [0.4, 0.5) is 5.82 Å². The van der Waals surface area contributed by atoms with Crippen LogP contribution in [-0.4, -0.2) is 4.98 Å². The van der Waals surface area contributed by atoms with Crippen molar-refractivity contribution < 1.29 is 0 Å². The summed E-state index contributed by atoms with van der Waals surface area (Å²) in [6, 6.07) is 7.43. The van der Waals surface area contributed by atoms with Gasteiger partial charge >= 0.3 is 0 Å². The quantitative estimate of drug-likeness (QED) is 0.826. The third-order valence-electron chi connectivity index (χ3n) is 2.35. The molecule has 1 aromatic carbocycles. The molecule has 1 aromatic heterocycles. The Balaban J connectivity index is 0.00000128. The molecule has 2 rings (SSSR count). The van der Waals surface area contributed by atoms with Crippen LogP contribution in [0.2, 0.25) is 5.02 Å². The van der Waals surface area contributed by atoms with E-state index in [1.165, 1.54) is 0 Å². The minimum atomic E-state index is -0.124. The van der Waals surface area contributed by atoms with Crippen LogP contribution >= 0.6 is 24.0 Å². The van der Waals surface area contributed by atoms with Crippen LogP contribution in [0, 0.1) is 0 Å². The fourth-order valence-corrected chi connectivity index (χ4v) is 1.78. The monoisotopic (exact) mass is 257 g/mol. The molecule has 2 aromatic rings. The highest BCUT2D eigenvalue weighted by Gasteiger charge is 2.09. The van der Waals surface area contributed by atoms with Crippen LogP contribution < -0.4 is 11.5 Å². The number of aromatic nitrogens is 1. The molecular weight excluding hydrogens is 245 g/mol. The predicted molar refractivity (Wildman–Crippen MR) is 71.0 cm³/mol. The lowest BCUT2D eigenvalue weighted by Gasteiger charge is -2.10. The highest BCUT2D eigenvalue weighted by molar-refractivity contribution is 6.35. The molecule has 0 bridgehead atoms. The van der Waals surface area contributed by atoms with Crippen molar-refractivity contribution >= 4 is 40.7 Å². The lowest BCUT2D eigenvalue weighted by atomic mass is 10.1. The summed E-state index contributed by atoms with van der Waals surface area (Å²) in [4.78, 5) is 4.26. The van der Waals surface area contributed by atoms with E-state index < -0.39 is 0 Å². The third-order valence-corrected chi connectivity index (χ3v) is 2.65. The zero-order valence-corrected chi connectivity index (χ0v) is 10.3. The van der Waals surface area contributed by atoms with E-state index in [1.54, 1.807) is 6.07 Å². The molecule has 1 unspecified atom stereocenters. The molecule has 1 heterocycles. The lowest BCUT2D eigenvalue weighted by molar-refractivity contribution is 0.818. The Morgan fingerprint density at radius 3 is 2.69 bits per heavy atom. The van der Waals surface area contributed by atoms with Crippen molar-refractivity contribution in [2.75, 3.05) is 5.73 Å². The first-order valence-corrected chi connectivity index (χ1v) is 5.07. The molecule has 0 aliphatic carbocycles. The largest absolute Gasteiger partial charge is 0.383 e. The number of pyridine rings is 1. The Morgan fingerprint density at radius 2 is 2.06 bits per heavy atom. The molecule has 0 aliphatic rings. The van der Waals surface area contributed by atoms with Gasteiger partial charge in [-0.2, -0.15) is 0 Å². The second-order valence-corrected chi connectivity index (χ2v) is 3.97. The van der Waals surface area contributed by atoms with E-state index in [0.717, 1.165) is 16.5 Å². The van der Waals surface area contributed by atoms with Crippen LogP contribution in [0.25, 0.3) is 10.9 Å². The number of nitrogens with two attached hydrogens (primary N) is 2. The summed E-state index contributed by atoms with van der Waals surface area (Å²) in [5.41, 5.74) is 13.2. The highest BCUT2D eigenvalue weighted by Crippen LogP contribution is 2.26. The maximum atomic E-state index is 6.01. The summed E-state index contributed by atoms with van der Waals surface area (Å²) in [5, 5.41) is 1.57. The number of rotatable bonds is 1. The average molecular weight is 258 g/mol. The van der Waals surface area contributed by atoms with Crippen molar-refractivity contribution in [1.29, 1.82) is 0 Å². The predicted octanol–water partition coefficient (Wildman–Crippen LogP) is 2.91. The number of fused-ring (bicyclic) bond motifs is 1. The average Bonchev–Trinajstić information content (AvgIpc) is 2.18. The van der Waals surface area contributed by atoms with Crippen LogP contribution in [0.5, 0.6) is 0 Å². The van der Waals surface area contributed by atoms with Gasteiger partial charge in [0.1, 0.15) is 5.82 Å². The Kier molecular flexibility index (Phi) is 3.97.